The quantitative estimate of drug-likeness (QED) is 0.481. The largest absolute Gasteiger partial charge is 0.366 e. The molecule has 3 aromatic carbocycles. The number of carbonyl (C=O) groups is 2. The van der Waals surface area contributed by atoms with Gasteiger partial charge >= 0.3 is 0 Å². The second kappa shape index (κ2) is 11.7. The van der Waals surface area contributed by atoms with Crippen LogP contribution in [-0.4, -0.2) is 49.4 Å². The van der Waals surface area contributed by atoms with Gasteiger partial charge in [0.05, 0.1) is 5.56 Å². The van der Waals surface area contributed by atoms with E-state index in [1.54, 1.807) is 18.2 Å². The topological polar surface area (TPSA) is 64.7 Å². The summed E-state index contributed by atoms with van der Waals surface area (Å²) in [6.07, 6.45) is 0.936. The monoisotopic (exact) mass is 470 g/mol. The van der Waals surface area contributed by atoms with E-state index in [-0.39, 0.29) is 11.8 Å². The zero-order valence-corrected chi connectivity index (χ0v) is 20.6. The second-order valence-electron chi connectivity index (χ2n) is 8.78. The van der Waals surface area contributed by atoms with Gasteiger partial charge < -0.3 is 20.4 Å². The van der Waals surface area contributed by atoms with Gasteiger partial charge in [-0.1, -0.05) is 56.3 Å². The Morgan fingerprint density at radius 1 is 0.886 bits per heavy atom. The first kappa shape index (κ1) is 24.5. The van der Waals surface area contributed by atoms with Crippen LogP contribution in [0.5, 0.6) is 0 Å². The summed E-state index contributed by atoms with van der Waals surface area (Å²) in [6.45, 7) is 9.11. The lowest BCUT2D eigenvalue weighted by Gasteiger charge is -2.32. The van der Waals surface area contributed by atoms with Crippen molar-refractivity contribution in [2.75, 3.05) is 42.9 Å². The highest BCUT2D eigenvalue weighted by Crippen LogP contribution is 2.29. The molecule has 6 nitrogen and oxygen atoms in total. The Kier molecular flexibility index (Phi) is 8.16. The fourth-order valence-electron chi connectivity index (χ4n) is 4.53. The third-order valence-electron chi connectivity index (χ3n) is 6.61. The molecule has 1 heterocycles. The van der Waals surface area contributed by atoms with Gasteiger partial charge in [0.15, 0.2) is 0 Å². The van der Waals surface area contributed by atoms with Crippen molar-refractivity contribution >= 4 is 23.2 Å². The summed E-state index contributed by atoms with van der Waals surface area (Å²) in [7, 11) is 0. The van der Waals surface area contributed by atoms with Crippen molar-refractivity contribution in [1.82, 2.24) is 10.2 Å². The molecule has 1 aliphatic heterocycles. The minimum Gasteiger partial charge on any atom is -0.366 e. The molecule has 6 heteroatoms. The van der Waals surface area contributed by atoms with E-state index in [1.807, 2.05) is 30.3 Å². The van der Waals surface area contributed by atoms with Gasteiger partial charge in [0.25, 0.3) is 11.8 Å². The highest BCUT2D eigenvalue weighted by atomic mass is 16.2. The molecule has 4 rings (SSSR count). The molecule has 0 radical (unpaired) electrons. The predicted octanol–water partition coefficient (Wildman–Crippen LogP) is 4.57. The first-order chi connectivity index (χ1) is 17.1. The van der Waals surface area contributed by atoms with Crippen LogP contribution in [0.1, 0.15) is 45.7 Å². The summed E-state index contributed by atoms with van der Waals surface area (Å²) in [5.74, 6) is -0.319. The Balaban J connectivity index is 1.57. The highest BCUT2D eigenvalue weighted by molar-refractivity contribution is 6.06. The molecule has 0 spiro atoms. The Labute approximate surface area is 207 Å². The van der Waals surface area contributed by atoms with Crippen LogP contribution in [0.3, 0.4) is 0 Å². The van der Waals surface area contributed by atoms with Crippen LogP contribution in [0.25, 0.3) is 0 Å². The smallest absolute Gasteiger partial charge is 0.255 e. The van der Waals surface area contributed by atoms with Crippen LogP contribution in [-0.2, 0) is 13.0 Å². The van der Waals surface area contributed by atoms with E-state index >= 15 is 0 Å². The normalized spacial score (nSPS) is 12.8. The maximum absolute atomic E-state index is 13.4. The van der Waals surface area contributed by atoms with Crippen molar-refractivity contribution in [3.63, 3.8) is 0 Å². The van der Waals surface area contributed by atoms with Crippen molar-refractivity contribution in [1.29, 1.82) is 0 Å². The number of amides is 2. The molecule has 2 N–H and O–H groups in total. The molecule has 0 saturated heterocycles. The third-order valence-corrected chi connectivity index (χ3v) is 6.61. The molecule has 0 atom stereocenters. The van der Waals surface area contributed by atoms with Crippen LogP contribution >= 0.6 is 0 Å². The average Bonchev–Trinajstić information content (AvgIpc) is 2.91. The van der Waals surface area contributed by atoms with Gasteiger partial charge in [-0.25, -0.2) is 0 Å². The third kappa shape index (κ3) is 6.08. The summed E-state index contributed by atoms with van der Waals surface area (Å²) in [5, 5.41) is 6.04. The minimum atomic E-state index is -0.196. The van der Waals surface area contributed by atoms with Gasteiger partial charge in [-0.05, 0) is 61.0 Å². The SMILES string of the molecule is CCN(CC)CCNC(=O)c1cc(NC(=O)c2ccccc2)ccc1N1CCc2ccccc2C1. The van der Waals surface area contributed by atoms with Gasteiger partial charge in [-0.15, -0.1) is 0 Å². The standard InChI is InChI=1S/C29H34N4O2/c1-3-32(4-2)19-17-30-29(35)26-20-25(31-28(34)23-11-6-5-7-12-23)14-15-27(26)33-18-16-22-10-8-9-13-24(22)21-33/h5-15,20H,3-4,16-19,21H2,1-2H3,(H,30,35)(H,31,34). The molecule has 182 valence electrons. The molecule has 0 aliphatic carbocycles. The first-order valence-corrected chi connectivity index (χ1v) is 12.4. The molecule has 0 bridgehead atoms. The molecule has 1 aliphatic rings. The number of fused-ring (bicyclic) bond motifs is 1. The number of rotatable bonds is 9. The number of anilines is 2. The van der Waals surface area contributed by atoms with Crippen molar-refractivity contribution in [3.05, 3.63) is 95.1 Å². The number of hydrogen-bond acceptors (Lipinski definition) is 4. The lowest BCUT2D eigenvalue weighted by Crippen LogP contribution is -2.36. The number of carbonyl (C=O) groups excluding carboxylic acids is 2. The van der Waals surface area contributed by atoms with Gasteiger partial charge in [0, 0.05) is 43.1 Å². The lowest BCUT2D eigenvalue weighted by molar-refractivity contribution is 0.0948. The molecule has 2 amide bonds. The van der Waals surface area contributed by atoms with E-state index in [0.29, 0.717) is 23.4 Å². The molecule has 0 saturated carbocycles. The van der Waals surface area contributed by atoms with Crippen LogP contribution in [0.4, 0.5) is 11.4 Å². The van der Waals surface area contributed by atoms with Gasteiger partial charge in [-0.3, -0.25) is 9.59 Å². The van der Waals surface area contributed by atoms with Crippen LogP contribution in [0.2, 0.25) is 0 Å². The van der Waals surface area contributed by atoms with Crippen LogP contribution in [0, 0.1) is 0 Å². The van der Waals surface area contributed by atoms with Gasteiger partial charge in [0.2, 0.25) is 0 Å². The zero-order chi connectivity index (χ0) is 24.6. The van der Waals surface area contributed by atoms with Gasteiger partial charge in [0.1, 0.15) is 0 Å². The first-order valence-electron chi connectivity index (χ1n) is 12.4. The van der Waals surface area contributed by atoms with Crippen molar-refractivity contribution in [2.24, 2.45) is 0 Å². The maximum atomic E-state index is 13.4. The van der Waals surface area contributed by atoms with Crippen LogP contribution in [0.15, 0.2) is 72.8 Å². The number of nitrogens with one attached hydrogen (secondary N) is 2. The minimum absolute atomic E-state index is 0.123. The highest BCUT2D eigenvalue weighted by Gasteiger charge is 2.22. The second-order valence-corrected chi connectivity index (χ2v) is 8.78. The summed E-state index contributed by atoms with van der Waals surface area (Å²) in [4.78, 5) is 30.6. The number of nitrogens with zero attached hydrogens (tertiary/aromatic N) is 2. The summed E-state index contributed by atoms with van der Waals surface area (Å²) < 4.78 is 0. The van der Waals surface area contributed by atoms with Gasteiger partial charge in [-0.2, -0.15) is 0 Å². The Bertz CT molecular complexity index is 1160. The summed E-state index contributed by atoms with van der Waals surface area (Å²) in [5.41, 5.74) is 5.30. The van der Waals surface area contributed by atoms with Crippen molar-refractivity contribution in [3.8, 4) is 0 Å². The number of hydrogen-bond donors (Lipinski definition) is 2. The van der Waals surface area contributed by atoms with E-state index in [0.717, 1.165) is 44.8 Å². The predicted molar refractivity (Wildman–Crippen MR) is 142 cm³/mol. The molecule has 3 aromatic rings. The summed E-state index contributed by atoms with van der Waals surface area (Å²) >= 11 is 0. The van der Waals surface area contributed by atoms with E-state index in [9.17, 15) is 9.59 Å². The van der Waals surface area contributed by atoms with Crippen molar-refractivity contribution in [2.45, 2.75) is 26.8 Å². The molecule has 35 heavy (non-hydrogen) atoms. The fraction of sp³-hybridized carbons (Fsp3) is 0.310. The molecule has 0 aromatic heterocycles. The number of benzene rings is 3. The molecular formula is C29H34N4O2. The summed E-state index contributed by atoms with van der Waals surface area (Å²) in [6, 6.07) is 23.2. The van der Waals surface area contributed by atoms with E-state index < -0.39 is 0 Å². The van der Waals surface area contributed by atoms with Crippen LogP contribution < -0.4 is 15.5 Å². The van der Waals surface area contributed by atoms with Crippen molar-refractivity contribution < 1.29 is 9.59 Å². The zero-order valence-electron chi connectivity index (χ0n) is 20.6. The van der Waals surface area contributed by atoms with E-state index in [2.05, 4.69) is 58.5 Å². The molecular weight excluding hydrogens is 436 g/mol. The molecule has 0 fully saturated rings. The Hall–Kier alpha value is -3.64. The number of likely N-dealkylation sites (N-methyl/N-ethyl adjacent to an activating group) is 1. The van der Waals surface area contributed by atoms with E-state index in [4.69, 9.17) is 0 Å². The average molecular weight is 471 g/mol. The maximum Gasteiger partial charge on any atom is 0.255 e. The Morgan fingerprint density at radius 2 is 1.60 bits per heavy atom. The molecule has 0 unspecified atom stereocenters. The fourth-order valence-corrected chi connectivity index (χ4v) is 4.53. The van der Waals surface area contributed by atoms with E-state index in [1.165, 1.54) is 11.1 Å². The Morgan fingerprint density at radius 3 is 2.34 bits per heavy atom. The lowest BCUT2D eigenvalue weighted by atomic mass is 9.98.